The summed E-state index contributed by atoms with van der Waals surface area (Å²) in [6.45, 7) is 2.93. The zero-order chi connectivity index (χ0) is 17.3. The first-order chi connectivity index (χ1) is 11.4. The first-order valence-electron chi connectivity index (χ1n) is 7.85. The van der Waals surface area contributed by atoms with Gasteiger partial charge in [0, 0.05) is 26.2 Å². The average Bonchev–Trinajstić information content (AvgIpc) is 3.24. The van der Waals surface area contributed by atoms with Crippen LogP contribution in [0.1, 0.15) is 29.2 Å². The molecule has 0 saturated carbocycles. The number of carbonyl (C=O) groups excluding carboxylic acids is 1. The molecular weight excluding hydrogens is 328 g/mol. The van der Waals surface area contributed by atoms with Gasteiger partial charge in [-0.25, -0.2) is 8.42 Å². The third-order valence-electron chi connectivity index (χ3n) is 4.23. The number of rotatable bonds is 4. The summed E-state index contributed by atoms with van der Waals surface area (Å²) in [5.74, 6) is 0.0502. The molecule has 0 atom stereocenters. The van der Waals surface area contributed by atoms with Crippen molar-refractivity contribution < 1.29 is 17.6 Å². The molecule has 0 radical (unpaired) electrons. The minimum atomic E-state index is -3.79. The SMILES string of the molecule is Cc1oc(C(=O)N2CCCC2)cc1S(=O)(=O)N(C)c1ccccc1. The fraction of sp³-hybridized carbons (Fsp3) is 0.353. The predicted molar refractivity (Wildman–Crippen MR) is 90.6 cm³/mol. The van der Waals surface area contributed by atoms with E-state index in [0.29, 0.717) is 18.8 Å². The van der Waals surface area contributed by atoms with Gasteiger partial charge < -0.3 is 9.32 Å². The molecule has 0 bridgehead atoms. The molecule has 0 spiro atoms. The lowest BCUT2D eigenvalue weighted by atomic mass is 10.3. The Bertz CT molecular complexity index is 837. The van der Waals surface area contributed by atoms with Crippen LogP contribution in [0.25, 0.3) is 0 Å². The second-order valence-electron chi connectivity index (χ2n) is 5.84. The molecule has 2 heterocycles. The topological polar surface area (TPSA) is 70.8 Å². The molecule has 1 saturated heterocycles. The second kappa shape index (κ2) is 6.32. The van der Waals surface area contributed by atoms with E-state index in [1.807, 2.05) is 6.07 Å². The third-order valence-corrected chi connectivity index (χ3v) is 6.13. The van der Waals surface area contributed by atoms with Crippen molar-refractivity contribution in [1.82, 2.24) is 4.90 Å². The highest BCUT2D eigenvalue weighted by atomic mass is 32.2. The van der Waals surface area contributed by atoms with Crippen molar-refractivity contribution in [2.75, 3.05) is 24.4 Å². The second-order valence-corrected chi connectivity index (χ2v) is 7.78. The van der Waals surface area contributed by atoms with E-state index in [4.69, 9.17) is 4.42 Å². The number of para-hydroxylation sites is 1. The number of hydrogen-bond donors (Lipinski definition) is 0. The van der Waals surface area contributed by atoms with Crippen LogP contribution in [0.15, 0.2) is 45.7 Å². The average molecular weight is 348 g/mol. The number of carbonyl (C=O) groups is 1. The molecule has 1 fully saturated rings. The standard InChI is InChI=1S/C17H20N2O4S/c1-13-16(12-15(23-13)17(20)19-10-6-7-11-19)24(21,22)18(2)14-8-4-3-5-9-14/h3-5,8-9,12H,6-7,10-11H2,1-2H3. The Kier molecular flexibility index (Phi) is 4.36. The van der Waals surface area contributed by atoms with Crippen LogP contribution in [-0.2, 0) is 10.0 Å². The monoisotopic (exact) mass is 348 g/mol. The van der Waals surface area contributed by atoms with Crippen LogP contribution in [0.4, 0.5) is 5.69 Å². The number of anilines is 1. The van der Waals surface area contributed by atoms with Crippen LogP contribution in [0.2, 0.25) is 0 Å². The summed E-state index contributed by atoms with van der Waals surface area (Å²) in [7, 11) is -2.30. The third kappa shape index (κ3) is 2.91. The normalized spacial score (nSPS) is 14.8. The summed E-state index contributed by atoms with van der Waals surface area (Å²) in [5.41, 5.74) is 0.547. The van der Waals surface area contributed by atoms with Crippen LogP contribution in [0.3, 0.4) is 0 Å². The van der Waals surface area contributed by atoms with E-state index in [9.17, 15) is 13.2 Å². The van der Waals surface area contributed by atoms with Crippen LogP contribution < -0.4 is 4.31 Å². The van der Waals surface area contributed by atoms with Gasteiger partial charge in [0.05, 0.1) is 5.69 Å². The van der Waals surface area contributed by atoms with Gasteiger partial charge in [0.2, 0.25) is 0 Å². The van der Waals surface area contributed by atoms with E-state index in [1.165, 1.54) is 17.4 Å². The van der Waals surface area contributed by atoms with Crippen molar-refractivity contribution in [3.05, 3.63) is 47.9 Å². The highest BCUT2D eigenvalue weighted by Gasteiger charge is 2.30. The lowest BCUT2D eigenvalue weighted by molar-refractivity contribution is 0.0760. The van der Waals surface area contributed by atoms with E-state index >= 15 is 0 Å². The molecule has 1 aromatic heterocycles. The maximum Gasteiger partial charge on any atom is 0.289 e. The van der Waals surface area contributed by atoms with Gasteiger partial charge >= 0.3 is 0 Å². The predicted octanol–water partition coefficient (Wildman–Crippen LogP) is 2.65. The quantitative estimate of drug-likeness (QED) is 0.852. The van der Waals surface area contributed by atoms with E-state index < -0.39 is 10.0 Å². The molecule has 6 nitrogen and oxygen atoms in total. The van der Waals surface area contributed by atoms with Gasteiger partial charge in [-0.05, 0) is 31.9 Å². The Hall–Kier alpha value is -2.28. The van der Waals surface area contributed by atoms with Crippen molar-refractivity contribution in [1.29, 1.82) is 0 Å². The molecule has 1 amide bonds. The van der Waals surface area contributed by atoms with Crippen LogP contribution in [0, 0.1) is 6.92 Å². The van der Waals surface area contributed by atoms with E-state index in [-0.39, 0.29) is 22.3 Å². The fourth-order valence-corrected chi connectivity index (χ4v) is 4.18. The zero-order valence-corrected chi connectivity index (χ0v) is 14.5. The van der Waals surface area contributed by atoms with Crippen LogP contribution in [0.5, 0.6) is 0 Å². The van der Waals surface area contributed by atoms with E-state index in [1.54, 1.807) is 36.1 Å². The Balaban J connectivity index is 1.92. The van der Waals surface area contributed by atoms with Crippen molar-refractivity contribution in [2.24, 2.45) is 0 Å². The molecule has 1 aliphatic heterocycles. The maximum atomic E-state index is 12.9. The van der Waals surface area contributed by atoms with Gasteiger partial charge in [-0.1, -0.05) is 18.2 Å². The van der Waals surface area contributed by atoms with E-state index in [2.05, 4.69) is 0 Å². The summed E-state index contributed by atoms with van der Waals surface area (Å²) < 4.78 is 32.4. The molecule has 0 unspecified atom stereocenters. The molecule has 128 valence electrons. The Morgan fingerprint density at radius 3 is 2.42 bits per heavy atom. The van der Waals surface area contributed by atoms with Crippen molar-refractivity contribution in [3.8, 4) is 0 Å². The number of nitrogens with zero attached hydrogens (tertiary/aromatic N) is 2. The number of sulfonamides is 1. The summed E-state index contributed by atoms with van der Waals surface area (Å²) in [6, 6.07) is 10.1. The number of hydrogen-bond acceptors (Lipinski definition) is 4. The number of aryl methyl sites for hydroxylation is 1. The highest BCUT2D eigenvalue weighted by molar-refractivity contribution is 7.92. The fourth-order valence-electron chi connectivity index (χ4n) is 2.83. The van der Waals surface area contributed by atoms with Crippen molar-refractivity contribution in [3.63, 3.8) is 0 Å². The lowest BCUT2D eigenvalue weighted by Crippen LogP contribution is -2.27. The van der Waals surface area contributed by atoms with Gasteiger partial charge in [0.15, 0.2) is 5.76 Å². The van der Waals surface area contributed by atoms with Crippen molar-refractivity contribution in [2.45, 2.75) is 24.7 Å². The highest BCUT2D eigenvalue weighted by Crippen LogP contribution is 2.27. The summed E-state index contributed by atoms with van der Waals surface area (Å²) in [6.07, 6.45) is 1.93. The minimum Gasteiger partial charge on any atom is -0.455 e. The zero-order valence-electron chi connectivity index (χ0n) is 13.7. The molecule has 1 aromatic carbocycles. The molecule has 2 aromatic rings. The smallest absolute Gasteiger partial charge is 0.289 e. The van der Waals surface area contributed by atoms with Crippen LogP contribution in [-0.4, -0.2) is 39.4 Å². The number of amides is 1. The molecule has 0 aliphatic carbocycles. The minimum absolute atomic E-state index is 0.0244. The van der Waals surface area contributed by atoms with Gasteiger partial charge in [-0.3, -0.25) is 9.10 Å². The first kappa shape index (κ1) is 16.6. The number of likely N-dealkylation sites (tertiary alicyclic amines) is 1. The van der Waals surface area contributed by atoms with E-state index in [0.717, 1.165) is 12.8 Å². The summed E-state index contributed by atoms with van der Waals surface area (Å²) >= 11 is 0. The molecule has 3 rings (SSSR count). The molecule has 7 heteroatoms. The Morgan fingerprint density at radius 1 is 1.17 bits per heavy atom. The molecule has 1 aliphatic rings. The van der Waals surface area contributed by atoms with Gasteiger partial charge in [0.1, 0.15) is 10.7 Å². The summed E-state index contributed by atoms with van der Waals surface area (Å²) in [4.78, 5) is 14.1. The lowest BCUT2D eigenvalue weighted by Gasteiger charge is -2.18. The molecular formula is C17H20N2O4S. The Morgan fingerprint density at radius 2 is 1.79 bits per heavy atom. The first-order valence-corrected chi connectivity index (χ1v) is 9.29. The number of furan rings is 1. The van der Waals surface area contributed by atoms with Gasteiger partial charge in [0.25, 0.3) is 15.9 Å². The van der Waals surface area contributed by atoms with Crippen LogP contribution >= 0.6 is 0 Å². The largest absolute Gasteiger partial charge is 0.455 e. The van der Waals surface area contributed by atoms with Gasteiger partial charge in [-0.15, -0.1) is 0 Å². The number of benzene rings is 1. The van der Waals surface area contributed by atoms with Crippen molar-refractivity contribution >= 4 is 21.6 Å². The molecule has 0 N–H and O–H groups in total. The Labute approximate surface area is 141 Å². The maximum absolute atomic E-state index is 12.9. The molecule has 24 heavy (non-hydrogen) atoms. The van der Waals surface area contributed by atoms with Gasteiger partial charge in [-0.2, -0.15) is 0 Å². The summed E-state index contributed by atoms with van der Waals surface area (Å²) in [5, 5.41) is 0.